The number of hydrogen-bond donors (Lipinski definition) is 0. The van der Waals surface area contributed by atoms with E-state index in [0.29, 0.717) is 24.8 Å². The van der Waals surface area contributed by atoms with E-state index >= 15 is 0 Å². The first-order valence-electron chi connectivity index (χ1n) is 9.12. The fraction of sp³-hybridized carbons (Fsp3) is 0.286. The molecule has 1 aliphatic rings. The second-order valence-corrected chi connectivity index (χ2v) is 6.64. The van der Waals surface area contributed by atoms with E-state index < -0.39 is 0 Å². The van der Waals surface area contributed by atoms with Crippen LogP contribution in [0.1, 0.15) is 18.1 Å². The van der Waals surface area contributed by atoms with E-state index in [0.717, 1.165) is 24.1 Å². The lowest BCUT2D eigenvalue weighted by molar-refractivity contribution is 0.0685. The van der Waals surface area contributed by atoms with Crippen LogP contribution in [0.3, 0.4) is 0 Å². The van der Waals surface area contributed by atoms with E-state index in [9.17, 15) is 4.79 Å². The van der Waals surface area contributed by atoms with Crippen molar-refractivity contribution in [2.45, 2.75) is 12.5 Å². The van der Waals surface area contributed by atoms with Crippen molar-refractivity contribution in [3.05, 3.63) is 76.8 Å². The summed E-state index contributed by atoms with van der Waals surface area (Å²) in [5.41, 5.74) is 2.61. The minimum absolute atomic E-state index is 0.0461. The number of ether oxygens (including phenoxy) is 1. The van der Waals surface area contributed by atoms with Gasteiger partial charge in [0.25, 0.3) is 5.56 Å². The van der Waals surface area contributed by atoms with Crippen LogP contribution in [-0.4, -0.2) is 34.2 Å². The highest BCUT2D eigenvalue weighted by Crippen LogP contribution is 2.25. The molecule has 138 valence electrons. The molecule has 3 heterocycles. The van der Waals surface area contributed by atoms with Crippen LogP contribution in [0.5, 0.6) is 0 Å². The molecule has 6 heteroatoms. The van der Waals surface area contributed by atoms with Crippen molar-refractivity contribution in [3.8, 4) is 11.3 Å². The van der Waals surface area contributed by atoms with Gasteiger partial charge in [-0.3, -0.25) is 14.3 Å². The van der Waals surface area contributed by atoms with Crippen LogP contribution in [0.2, 0.25) is 0 Å². The van der Waals surface area contributed by atoms with Crippen molar-refractivity contribution in [1.82, 2.24) is 14.5 Å². The Labute approximate surface area is 158 Å². The van der Waals surface area contributed by atoms with E-state index in [1.807, 2.05) is 30.3 Å². The number of anilines is 1. The van der Waals surface area contributed by atoms with Gasteiger partial charge in [-0.15, -0.1) is 0 Å². The molecule has 1 aliphatic heterocycles. The molecule has 0 spiro atoms. The first-order valence-corrected chi connectivity index (χ1v) is 9.12. The molecular weight excluding hydrogens is 340 g/mol. The minimum Gasteiger partial charge on any atom is -0.372 e. The molecule has 4 rings (SSSR count). The predicted molar refractivity (Wildman–Crippen MR) is 105 cm³/mol. The molecule has 27 heavy (non-hydrogen) atoms. The van der Waals surface area contributed by atoms with Gasteiger partial charge in [0.1, 0.15) is 6.10 Å². The lowest BCUT2D eigenvalue weighted by Gasteiger charge is -2.26. The van der Waals surface area contributed by atoms with E-state index in [2.05, 4.69) is 22.0 Å². The Kier molecular flexibility index (Phi) is 4.98. The maximum Gasteiger partial charge on any atom is 0.255 e. The van der Waals surface area contributed by atoms with Crippen LogP contribution < -0.4 is 10.5 Å². The Balaban J connectivity index is 1.71. The summed E-state index contributed by atoms with van der Waals surface area (Å²) in [5.74, 6) is 0.667. The lowest BCUT2D eigenvalue weighted by atomic mass is 10.1. The summed E-state index contributed by atoms with van der Waals surface area (Å²) in [6, 6.07) is 15.5. The highest BCUT2D eigenvalue weighted by Gasteiger charge is 2.23. The maximum atomic E-state index is 12.6. The molecule has 1 unspecified atom stereocenters. The Hall–Kier alpha value is -2.99. The van der Waals surface area contributed by atoms with E-state index in [1.165, 1.54) is 0 Å². The largest absolute Gasteiger partial charge is 0.372 e. The molecule has 0 saturated carbocycles. The van der Waals surface area contributed by atoms with Crippen LogP contribution >= 0.6 is 0 Å². The molecule has 0 bridgehead atoms. The summed E-state index contributed by atoms with van der Waals surface area (Å²) in [6.45, 7) is 2.14. The topological polar surface area (TPSA) is 60.2 Å². The maximum absolute atomic E-state index is 12.6. The van der Waals surface area contributed by atoms with Crippen molar-refractivity contribution in [2.24, 2.45) is 7.05 Å². The molecule has 0 N–H and O–H groups in total. The summed E-state index contributed by atoms with van der Waals surface area (Å²) in [4.78, 5) is 23.6. The lowest BCUT2D eigenvalue weighted by Crippen LogP contribution is -2.34. The van der Waals surface area contributed by atoms with Crippen LogP contribution in [0, 0.1) is 0 Å². The second-order valence-electron chi connectivity index (χ2n) is 6.64. The Morgan fingerprint density at radius 2 is 1.89 bits per heavy atom. The smallest absolute Gasteiger partial charge is 0.255 e. The van der Waals surface area contributed by atoms with Crippen LogP contribution in [-0.2, 0) is 11.8 Å². The monoisotopic (exact) mass is 362 g/mol. The van der Waals surface area contributed by atoms with Gasteiger partial charge in [-0.05, 0) is 24.1 Å². The zero-order chi connectivity index (χ0) is 18.6. The third-order valence-corrected chi connectivity index (χ3v) is 4.82. The summed E-state index contributed by atoms with van der Waals surface area (Å²) in [5, 5.41) is 0. The molecule has 0 aliphatic carbocycles. The molecule has 6 nitrogen and oxygen atoms in total. The predicted octanol–water partition coefficient (Wildman–Crippen LogP) is 2.81. The molecular formula is C21H22N4O2. The van der Waals surface area contributed by atoms with Crippen LogP contribution in [0.4, 0.5) is 5.95 Å². The number of benzene rings is 1. The van der Waals surface area contributed by atoms with Gasteiger partial charge in [-0.1, -0.05) is 30.3 Å². The average Bonchev–Trinajstić information content (AvgIpc) is 2.97. The molecule has 3 aromatic rings. The number of nitrogens with zero attached hydrogens (tertiary/aromatic N) is 4. The molecule has 0 amide bonds. The van der Waals surface area contributed by atoms with Crippen LogP contribution in [0.15, 0.2) is 65.7 Å². The normalized spacial score (nSPS) is 17.5. The van der Waals surface area contributed by atoms with E-state index in [4.69, 9.17) is 9.72 Å². The van der Waals surface area contributed by atoms with Gasteiger partial charge in [-0.2, -0.15) is 0 Å². The molecule has 0 radical (unpaired) electrons. The van der Waals surface area contributed by atoms with Gasteiger partial charge in [0.05, 0.1) is 12.2 Å². The van der Waals surface area contributed by atoms with Crippen molar-refractivity contribution in [2.75, 3.05) is 24.6 Å². The van der Waals surface area contributed by atoms with Crippen molar-refractivity contribution < 1.29 is 4.74 Å². The van der Waals surface area contributed by atoms with Gasteiger partial charge in [0.2, 0.25) is 5.95 Å². The Morgan fingerprint density at radius 3 is 2.67 bits per heavy atom. The quantitative estimate of drug-likeness (QED) is 0.717. The molecule has 1 aromatic carbocycles. The molecule has 1 saturated heterocycles. The Bertz CT molecular complexity index is 957. The summed E-state index contributed by atoms with van der Waals surface area (Å²) in [7, 11) is 1.77. The van der Waals surface area contributed by atoms with Gasteiger partial charge in [0, 0.05) is 44.2 Å². The minimum atomic E-state index is -0.0757. The summed E-state index contributed by atoms with van der Waals surface area (Å²) in [6.07, 6.45) is 4.26. The molecule has 1 fully saturated rings. The van der Waals surface area contributed by atoms with Gasteiger partial charge in [0.15, 0.2) is 0 Å². The molecule has 1 atom stereocenters. The number of hydrogen-bond acceptors (Lipinski definition) is 5. The van der Waals surface area contributed by atoms with Crippen molar-refractivity contribution >= 4 is 5.95 Å². The third-order valence-electron chi connectivity index (χ3n) is 4.82. The second kappa shape index (κ2) is 7.72. The first kappa shape index (κ1) is 17.4. The van der Waals surface area contributed by atoms with E-state index in [1.54, 1.807) is 30.1 Å². The highest BCUT2D eigenvalue weighted by molar-refractivity contribution is 5.59. The van der Waals surface area contributed by atoms with Gasteiger partial charge >= 0.3 is 0 Å². The average molecular weight is 362 g/mol. The van der Waals surface area contributed by atoms with Crippen LogP contribution in [0.25, 0.3) is 11.3 Å². The fourth-order valence-corrected chi connectivity index (χ4v) is 3.36. The molecule has 2 aromatic heterocycles. The first-order chi connectivity index (χ1) is 13.2. The highest BCUT2D eigenvalue weighted by atomic mass is 16.5. The van der Waals surface area contributed by atoms with Crippen molar-refractivity contribution in [3.63, 3.8) is 0 Å². The SMILES string of the molecule is Cn1c(N2CCCOC(c3ccccc3)C2)nc(-c2ccncc2)cc1=O. The summed E-state index contributed by atoms with van der Waals surface area (Å²) < 4.78 is 7.67. The van der Waals surface area contributed by atoms with Gasteiger partial charge in [-0.25, -0.2) is 4.98 Å². The van der Waals surface area contributed by atoms with E-state index in [-0.39, 0.29) is 11.7 Å². The van der Waals surface area contributed by atoms with Crippen molar-refractivity contribution in [1.29, 1.82) is 0 Å². The van der Waals surface area contributed by atoms with Gasteiger partial charge < -0.3 is 9.64 Å². The summed E-state index contributed by atoms with van der Waals surface area (Å²) >= 11 is 0. The Morgan fingerprint density at radius 1 is 1.11 bits per heavy atom. The number of aromatic nitrogens is 3. The zero-order valence-corrected chi connectivity index (χ0v) is 15.3. The standard InChI is InChI=1S/C21H22N4O2/c1-24-20(26)14-18(16-8-10-22-11-9-16)23-21(24)25-12-5-13-27-19(15-25)17-6-3-2-4-7-17/h2-4,6-11,14,19H,5,12-13,15H2,1H3. The number of rotatable bonds is 3. The fourth-order valence-electron chi connectivity index (χ4n) is 3.36. The zero-order valence-electron chi connectivity index (χ0n) is 15.3. The number of pyridine rings is 1. The third kappa shape index (κ3) is 3.75.